The number of ether oxygens (including phenoxy) is 1. The van der Waals surface area contributed by atoms with Crippen molar-refractivity contribution in [3.63, 3.8) is 0 Å². The number of imidazole rings is 1. The van der Waals surface area contributed by atoms with E-state index in [9.17, 15) is 15.0 Å². The number of nitrogens with zero attached hydrogens (tertiary/aromatic N) is 4. The number of hydrogen-bond acceptors (Lipinski definition) is 7. The summed E-state index contributed by atoms with van der Waals surface area (Å²) in [5.41, 5.74) is 0.748. The Balaban J connectivity index is 1.60. The van der Waals surface area contributed by atoms with Crippen LogP contribution < -0.4 is 5.32 Å². The summed E-state index contributed by atoms with van der Waals surface area (Å²) in [7, 11) is 0. The van der Waals surface area contributed by atoms with Crippen molar-refractivity contribution in [2.24, 2.45) is 0 Å². The number of carbonyl (C=O) groups is 1. The van der Waals surface area contributed by atoms with Gasteiger partial charge in [0.25, 0.3) is 5.91 Å². The maximum absolute atomic E-state index is 12.4. The second-order valence-corrected chi connectivity index (χ2v) is 6.79. The van der Waals surface area contributed by atoms with E-state index in [1.807, 2.05) is 6.07 Å². The number of anilines is 1. The summed E-state index contributed by atoms with van der Waals surface area (Å²) in [6.45, 7) is -0.222. The maximum atomic E-state index is 12.4. The summed E-state index contributed by atoms with van der Waals surface area (Å²) in [6.07, 6.45) is 4.23. The highest BCUT2D eigenvalue weighted by molar-refractivity contribution is 6.06. The van der Waals surface area contributed by atoms with Gasteiger partial charge in [-0.05, 0) is 25.0 Å². The van der Waals surface area contributed by atoms with E-state index in [4.69, 9.17) is 4.74 Å². The minimum absolute atomic E-state index is 0.0597. The minimum Gasteiger partial charge on any atom is -0.396 e. The van der Waals surface area contributed by atoms with Crippen LogP contribution in [0.4, 0.5) is 5.82 Å². The molecular weight excluding hydrogens is 362 g/mol. The second-order valence-electron chi connectivity index (χ2n) is 6.79. The average Bonchev–Trinajstić information content (AvgIpc) is 3.34. The van der Waals surface area contributed by atoms with Crippen LogP contribution >= 0.6 is 0 Å². The van der Waals surface area contributed by atoms with Gasteiger partial charge in [0.2, 0.25) is 0 Å². The van der Waals surface area contributed by atoms with Gasteiger partial charge >= 0.3 is 0 Å². The fraction of sp³-hybridized carbons (Fsp3) is 0.368. The van der Waals surface area contributed by atoms with Crippen LogP contribution in [0, 0.1) is 0 Å². The lowest BCUT2D eigenvalue weighted by molar-refractivity contribution is -0.106. The molecule has 4 rings (SSSR count). The number of benzene rings is 1. The number of aliphatic hydroxyl groups excluding tert-OH is 2. The maximum Gasteiger partial charge on any atom is 0.256 e. The molecule has 1 aliphatic rings. The molecule has 0 unspecified atom stereocenters. The van der Waals surface area contributed by atoms with Crippen LogP contribution in [0.3, 0.4) is 0 Å². The van der Waals surface area contributed by atoms with E-state index in [0.717, 1.165) is 0 Å². The summed E-state index contributed by atoms with van der Waals surface area (Å²) >= 11 is 0. The Labute approximate surface area is 161 Å². The Bertz CT molecular complexity index is 977. The van der Waals surface area contributed by atoms with Gasteiger partial charge in [-0.25, -0.2) is 15.0 Å². The van der Waals surface area contributed by atoms with Crippen molar-refractivity contribution in [1.29, 1.82) is 0 Å². The van der Waals surface area contributed by atoms with E-state index >= 15 is 0 Å². The molecule has 2 aromatic heterocycles. The largest absolute Gasteiger partial charge is 0.396 e. The monoisotopic (exact) mass is 383 g/mol. The predicted molar refractivity (Wildman–Crippen MR) is 101 cm³/mol. The van der Waals surface area contributed by atoms with Crippen molar-refractivity contribution < 1.29 is 19.7 Å². The molecule has 9 heteroatoms. The number of amides is 1. The van der Waals surface area contributed by atoms with E-state index in [1.54, 1.807) is 35.2 Å². The van der Waals surface area contributed by atoms with Gasteiger partial charge in [-0.15, -0.1) is 0 Å². The molecule has 1 fully saturated rings. The van der Waals surface area contributed by atoms with Gasteiger partial charge in [-0.3, -0.25) is 9.36 Å². The Morgan fingerprint density at radius 1 is 1.25 bits per heavy atom. The van der Waals surface area contributed by atoms with Crippen molar-refractivity contribution in [3.05, 3.63) is 48.5 Å². The molecule has 3 N–H and O–H groups in total. The molecule has 9 nitrogen and oxygen atoms in total. The van der Waals surface area contributed by atoms with E-state index in [1.165, 1.54) is 6.33 Å². The zero-order valence-electron chi connectivity index (χ0n) is 15.2. The van der Waals surface area contributed by atoms with Crippen LogP contribution in [0.2, 0.25) is 0 Å². The Morgan fingerprint density at radius 3 is 2.82 bits per heavy atom. The fourth-order valence-corrected chi connectivity index (χ4v) is 3.50. The fourth-order valence-electron chi connectivity index (χ4n) is 3.50. The van der Waals surface area contributed by atoms with Gasteiger partial charge < -0.3 is 20.3 Å². The lowest BCUT2D eigenvalue weighted by atomic mass is 9.97. The molecule has 0 aliphatic carbocycles. The third kappa shape index (κ3) is 3.35. The number of aromatic nitrogens is 4. The molecule has 28 heavy (non-hydrogen) atoms. The number of carbonyl (C=O) groups excluding carboxylic acids is 1. The number of aliphatic hydroxyl groups is 2. The highest BCUT2D eigenvalue weighted by atomic mass is 16.5. The van der Waals surface area contributed by atoms with E-state index in [0.29, 0.717) is 41.8 Å². The van der Waals surface area contributed by atoms with Gasteiger partial charge in [0.05, 0.1) is 18.5 Å². The zero-order valence-corrected chi connectivity index (χ0v) is 15.2. The third-order valence-electron chi connectivity index (χ3n) is 5.03. The van der Waals surface area contributed by atoms with Gasteiger partial charge in [0.1, 0.15) is 12.6 Å². The highest BCUT2D eigenvalue weighted by Crippen LogP contribution is 2.39. The molecule has 2 atom stereocenters. The standard InChI is InChI=1S/C19H21N5O4/c25-9-8-19(10-26)7-6-14(28-19)24-12-22-15-16(20-11-21-17(15)24)23-18(27)13-4-2-1-3-5-13/h1-5,11-12,14,25-26H,6-10H2,(H,20,21,23,27)/t14-,19-/m1/s1. The number of hydrogen-bond donors (Lipinski definition) is 3. The zero-order chi connectivity index (χ0) is 19.6. The van der Waals surface area contributed by atoms with Gasteiger partial charge in [-0.1, -0.05) is 18.2 Å². The molecule has 1 amide bonds. The Morgan fingerprint density at radius 2 is 2.07 bits per heavy atom. The lowest BCUT2D eigenvalue weighted by Gasteiger charge is -2.26. The van der Waals surface area contributed by atoms with Crippen molar-refractivity contribution in [3.8, 4) is 0 Å². The van der Waals surface area contributed by atoms with Crippen LogP contribution in [-0.4, -0.2) is 54.5 Å². The lowest BCUT2D eigenvalue weighted by Crippen LogP contribution is -2.34. The van der Waals surface area contributed by atoms with Gasteiger partial charge in [-0.2, -0.15) is 0 Å². The van der Waals surface area contributed by atoms with Crippen molar-refractivity contribution in [2.75, 3.05) is 18.5 Å². The first-order valence-corrected chi connectivity index (χ1v) is 9.09. The molecule has 0 saturated carbocycles. The van der Waals surface area contributed by atoms with Crippen LogP contribution in [0.1, 0.15) is 35.8 Å². The van der Waals surface area contributed by atoms with E-state index in [2.05, 4.69) is 20.3 Å². The first-order valence-electron chi connectivity index (χ1n) is 9.09. The molecule has 0 spiro atoms. The molecule has 1 aliphatic heterocycles. The van der Waals surface area contributed by atoms with Crippen LogP contribution in [0.5, 0.6) is 0 Å². The molecule has 1 aromatic carbocycles. The smallest absolute Gasteiger partial charge is 0.256 e. The van der Waals surface area contributed by atoms with Crippen molar-refractivity contribution in [2.45, 2.75) is 31.1 Å². The van der Waals surface area contributed by atoms with Gasteiger partial charge in [0.15, 0.2) is 17.0 Å². The average molecular weight is 383 g/mol. The van der Waals surface area contributed by atoms with Crippen molar-refractivity contribution >= 4 is 22.9 Å². The number of rotatable bonds is 6. The highest BCUT2D eigenvalue weighted by Gasteiger charge is 2.40. The topological polar surface area (TPSA) is 122 Å². The normalized spacial score (nSPS) is 21.9. The molecule has 3 aromatic rings. The molecule has 0 bridgehead atoms. The Kier molecular flexibility index (Phi) is 5.03. The SMILES string of the molecule is O=C(Nc1ncnc2c1ncn2[C@H]1CC[C@](CO)(CCO)O1)c1ccccc1. The summed E-state index contributed by atoms with van der Waals surface area (Å²) in [4.78, 5) is 25.2. The first-order chi connectivity index (χ1) is 13.7. The van der Waals surface area contributed by atoms with Crippen molar-refractivity contribution in [1.82, 2.24) is 19.5 Å². The third-order valence-corrected chi connectivity index (χ3v) is 5.03. The first kappa shape index (κ1) is 18.5. The predicted octanol–water partition coefficient (Wildman–Crippen LogP) is 1.50. The molecular formula is C19H21N5O4. The summed E-state index contributed by atoms with van der Waals surface area (Å²) in [5, 5.41) is 21.7. The molecule has 3 heterocycles. The van der Waals surface area contributed by atoms with Crippen LogP contribution in [0.25, 0.3) is 11.2 Å². The molecule has 146 valence electrons. The number of nitrogens with one attached hydrogen (secondary N) is 1. The quantitative estimate of drug-likeness (QED) is 0.589. The summed E-state index contributed by atoms with van der Waals surface area (Å²) < 4.78 is 7.81. The van der Waals surface area contributed by atoms with E-state index in [-0.39, 0.29) is 25.3 Å². The minimum atomic E-state index is -0.757. The van der Waals surface area contributed by atoms with Gasteiger partial charge in [0, 0.05) is 18.6 Å². The second kappa shape index (κ2) is 7.63. The van der Waals surface area contributed by atoms with Crippen LogP contribution in [0.15, 0.2) is 43.0 Å². The molecule has 1 saturated heterocycles. The van der Waals surface area contributed by atoms with Crippen LogP contribution in [-0.2, 0) is 4.74 Å². The summed E-state index contributed by atoms with van der Waals surface area (Å²) in [5.74, 6) is 0.0360. The number of fused-ring (bicyclic) bond motifs is 1. The molecule has 0 radical (unpaired) electrons. The van der Waals surface area contributed by atoms with E-state index < -0.39 is 5.60 Å². The summed E-state index contributed by atoms with van der Waals surface area (Å²) in [6, 6.07) is 8.85. The Hall–Kier alpha value is -2.88.